The Bertz CT molecular complexity index is 1140. The average Bonchev–Trinajstić information content (AvgIpc) is 3.10. The Labute approximate surface area is 188 Å². The molecule has 2 aromatic heterocycles. The Kier molecular flexibility index (Phi) is 7.10. The number of fused-ring (bicyclic) bond motifs is 1. The molecule has 0 unspecified atom stereocenters. The van der Waals surface area contributed by atoms with Gasteiger partial charge in [-0.05, 0) is 58.0 Å². The van der Waals surface area contributed by atoms with Crippen molar-refractivity contribution in [1.82, 2.24) is 20.1 Å². The molecule has 9 nitrogen and oxygen atoms in total. The lowest BCUT2D eigenvalue weighted by molar-refractivity contribution is -0.0498. The SMILES string of the molecule is CCOC(=O)c1ccnc2c1c(CNC(=O)OC(C)(C)C)nn2-c1ccc(OC(F)F)cc1. The van der Waals surface area contributed by atoms with Gasteiger partial charge in [-0.3, -0.25) is 0 Å². The molecule has 0 radical (unpaired) electrons. The van der Waals surface area contributed by atoms with E-state index in [0.717, 1.165) is 0 Å². The third-order valence-electron chi connectivity index (χ3n) is 4.24. The second-order valence-corrected chi connectivity index (χ2v) is 7.86. The van der Waals surface area contributed by atoms with Gasteiger partial charge >= 0.3 is 18.7 Å². The zero-order valence-corrected chi connectivity index (χ0v) is 18.6. The lowest BCUT2D eigenvalue weighted by atomic mass is 10.1. The summed E-state index contributed by atoms with van der Waals surface area (Å²) in [5.41, 5.74) is 0.694. The number of carbonyl (C=O) groups is 2. The molecule has 0 bridgehead atoms. The van der Waals surface area contributed by atoms with Crippen molar-refractivity contribution in [1.29, 1.82) is 0 Å². The number of nitrogens with zero attached hydrogens (tertiary/aromatic N) is 3. The second-order valence-electron chi connectivity index (χ2n) is 7.86. The Morgan fingerprint density at radius 3 is 2.45 bits per heavy atom. The first-order valence-corrected chi connectivity index (χ1v) is 10.1. The maximum absolute atomic E-state index is 12.5. The van der Waals surface area contributed by atoms with E-state index in [1.807, 2.05) is 0 Å². The molecule has 176 valence electrons. The van der Waals surface area contributed by atoms with Crippen LogP contribution < -0.4 is 10.1 Å². The van der Waals surface area contributed by atoms with Crippen LogP contribution >= 0.6 is 0 Å². The molecule has 33 heavy (non-hydrogen) atoms. The molecular formula is C22H24F2N4O5. The van der Waals surface area contributed by atoms with Crippen LogP contribution in [-0.2, 0) is 16.0 Å². The highest BCUT2D eigenvalue weighted by Gasteiger charge is 2.23. The third-order valence-corrected chi connectivity index (χ3v) is 4.24. The van der Waals surface area contributed by atoms with Crippen molar-refractivity contribution in [2.24, 2.45) is 0 Å². The number of hydrogen-bond donors (Lipinski definition) is 1. The molecule has 0 aliphatic rings. The number of carbonyl (C=O) groups excluding carboxylic acids is 2. The van der Waals surface area contributed by atoms with Gasteiger partial charge in [0.1, 0.15) is 11.4 Å². The van der Waals surface area contributed by atoms with E-state index in [4.69, 9.17) is 9.47 Å². The van der Waals surface area contributed by atoms with Gasteiger partial charge in [0.25, 0.3) is 0 Å². The fourth-order valence-corrected chi connectivity index (χ4v) is 3.04. The molecule has 3 rings (SSSR count). The van der Waals surface area contributed by atoms with Crippen molar-refractivity contribution >= 4 is 23.1 Å². The average molecular weight is 462 g/mol. The van der Waals surface area contributed by atoms with Gasteiger partial charge in [-0.25, -0.2) is 19.3 Å². The molecule has 1 amide bonds. The van der Waals surface area contributed by atoms with Gasteiger partial charge in [0.2, 0.25) is 0 Å². The molecule has 0 aliphatic heterocycles. The number of rotatable bonds is 7. The van der Waals surface area contributed by atoms with Crippen molar-refractivity contribution in [2.45, 2.75) is 46.5 Å². The first-order chi connectivity index (χ1) is 15.6. The Hall–Kier alpha value is -3.76. The molecule has 0 saturated heterocycles. The Morgan fingerprint density at radius 1 is 1.15 bits per heavy atom. The fourth-order valence-electron chi connectivity index (χ4n) is 3.04. The standard InChI is InChI=1S/C22H24F2N4O5/c1-5-31-19(29)15-10-11-25-18-17(15)16(12-26-21(30)33-22(2,3)4)27-28(18)13-6-8-14(9-7-13)32-20(23)24/h6-11,20H,5,12H2,1-4H3,(H,26,30). The van der Waals surface area contributed by atoms with Crippen LogP contribution in [0, 0.1) is 0 Å². The number of esters is 1. The summed E-state index contributed by atoms with van der Waals surface area (Å²) in [5, 5.41) is 7.52. The van der Waals surface area contributed by atoms with Crippen molar-refractivity contribution < 1.29 is 32.6 Å². The first-order valence-electron chi connectivity index (χ1n) is 10.1. The van der Waals surface area contributed by atoms with Gasteiger partial charge in [0.15, 0.2) is 5.65 Å². The number of hydrogen-bond acceptors (Lipinski definition) is 7. The minimum Gasteiger partial charge on any atom is -0.462 e. The number of nitrogens with one attached hydrogen (secondary N) is 1. The van der Waals surface area contributed by atoms with E-state index in [1.54, 1.807) is 27.7 Å². The van der Waals surface area contributed by atoms with Crippen LogP contribution in [0.4, 0.5) is 13.6 Å². The van der Waals surface area contributed by atoms with Gasteiger partial charge in [-0.2, -0.15) is 13.9 Å². The van der Waals surface area contributed by atoms with Gasteiger partial charge in [-0.1, -0.05) is 0 Å². The van der Waals surface area contributed by atoms with Crippen LogP contribution in [-0.4, -0.2) is 45.6 Å². The summed E-state index contributed by atoms with van der Waals surface area (Å²) in [6.45, 7) is 4.08. The number of alkyl carbamates (subject to hydrolysis) is 1. The van der Waals surface area contributed by atoms with Gasteiger partial charge < -0.3 is 19.5 Å². The molecule has 3 aromatic rings. The summed E-state index contributed by atoms with van der Waals surface area (Å²) < 4.78 is 41.1. The van der Waals surface area contributed by atoms with E-state index < -0.39 is 24.3 Å². The predicted molar refractivity (Wildman–Crippen MR) is 115 cm³/mol. The maximum Gasteiger partial charge on any atom is 0.407 e. The largest absolute Gasteiger partial charge is 0.462 e. The lowest BCUT2D eigenvalue weighted by Crippen LogP contribution is -2.32. The van der Waals surface area contributed by atoms with Crippen LogP contribution in [0.15, 0.2) is 36.5 Å². The smallest absolute Gasteiger partial charge is 0.407 e. The highest BCUT2D eigenvalue weighted by Crippen LogP contribution is 2.26. The van der Waals surface area contributed by atoms with E-state index in [-0.39, 0.29) is 24.5 Å². The molecule has 0 atom stereocenters. The third kappa shape index (κ3) is 5.93. The van der Waals surface area contributed by atoms with Crippen LogP contribution in [0.25, 0.3) is 16.7 Å². The topological polar surface area (TPSA) is 105 Å². The molecule has 2 heterocycles. The lowest BCUT2D eigenvalue weighted by Gasteiger charge is -2.19. The van der Waals surface area contributed by atoms with Crippen molar-refractivity contribution in [3.8, 4) is 11.4 Å². The normalized spacial score (nSPS) is 11.5. The minimum atomic E-state index is -2.94. The Balaban J connectivity index is 2.03. The molecule has 1 aromatic carbocycles. The van der Waals surface area contributed by atoms with E-state index in [9.17, 15) is 18.4 Å². The minimum absolute atomic E-state index is 0.0165. The number of amides is 1. The maximum atomic E-state index is 12.5. The molecule has 0 fully saturated rings. The molecule has 11 heteroatoms. The van der Waals surface area contributed by atoms with E-state index >= 15 is 0 Å². The number of aromatic nitrogens is 3. The highest BCUT2D eigenvalue weighted by atomic mass is 19.3. The summed E-state index contributed by atoms with van der Waals surface area (Å²) in [6, 6.07) is 7.27. The first kappa shape index (κ1) is 23.9. The zero-order valence-electron chi connectivity index (χ0n) is 18.6. The summed E-state index contributed by atoms with van der Waals surface area (Å²) in [7, 11) is 0. The fraction of sp³-hybridized carbons (Fsp3) is 0.364. The number of alkyl halides is 2. The predicted octanol–water partition coefficient (Wildman–Crippen LogP) is 4.22. The van der Waals surface area contributed by atoms with Crippen LogP contribution in [0.2, 0.25) is 0 Å². The van der Waals surface area contributed by atoms with Crippen LogP contribution in [0.3, 0.4) is 0 Å². The number of ether oxygens (including phenoxy) is 3. The summed E-state index contributed by atoms with van der Waals surface area (Å²) in [6.07, 6.45) is 0.784. The van der Waals surface area contributed by atoms with Gasteiger partial charge in [0.05, 0.1) is 35.5 Å². The zero-order chi connectivity index (χ0) is 24.2. The number of benzene rings is 1. The molecule has 0 saturated carbocycles. The number of pyridine rings is 1. The van der Waals surface area contributed by atoms with Gasteiger partial charge in [-0.15, -0.1) is 0 Å². The molecular weight excluding hydrogens is 438 g/mol. The quantitative estimate of drug-likeness (QED) is 0.524. The van der Waals surface area contributed by atoms with Crippen molar-refractivity contribution in [3.05, 3.63) is 47.8 Å². The van der Waals surface area contributed by atoms with E-state index in [2.05, 4.69) is 20.1 Å². The highest BCUT2D eigenvalue weighted by molar-refractivity contribution is 6.04. The van der Waals surface area contributed by atoms with E-state index in [0.29, 0.717) is 22.4 Å². The van der Waals surface area contributed by atoms with Crippen molar-refractivity contribution in [2.75, 3.05) is 6.61 Å². The van der Waals surface area contributed by atoms with Crippen LogP contribution in [0.5, 0.6) is 5.75 Å². The summed E-state index contributed by atoms with van der Waals surface area (Å²) >= 11 is 0. The monoisotopic (exact) mass is 462 g/mol. The second kappa shape index (κ2) is 9.80. The molecule has 0 spiro atoms. The van der Waals surface area contributed by atoms with Gasteiger partial charge in [0, 0.05) is 6.20 Å². The Morgan fingerprint density at radius 2 is 1.85 bits per heavy atom. The van der Waals surface area contributed by atoms with Crippen LogP contribution in [0.1, 0.15) is 43.7 Å². The molecule has 0 aliphatic carbocycles. The number of halogens is 2. The van der Waals surface area contributed by atoms with E-state index in [1.165, 1.54) is 41.2 Å². The summed E-state index contributed by atoms with van der Waals surface area (Å²) in [4.78, 5) is 29.0. The van der Waals surface area contributed by atoms with Crippen molar-refractivity contribution in [3.63, 3.8) is 0 Å². The summed E-state index contributed by atoms with van der Waals surface area (Å²) in [5.74, 6) is -0.583. The molecule has 1 N–H and O–H groups in total.